The van der Waals surface area contributed by atoms with E-state index in [1.165, 1.54) is 5.56 Å². The Morgan fingerprint density at radius 2 is 1.63 bits per heavy atom. The first-order valence-electron chi connectivity index (χ1n) is 11.3. The summed E-state index contributed by atoms with van der Waals surface area (Å²) < 4.78 is 27.2. The third-order valence-electron chi connectivity index (χ3n) is 5.83. The van der Waals surface area contributed by atoms with Crippen LogP contribution in [0.1, 0.15) is 22.3 Å². The van der Waals surface area contributed by atoms with Crippen LogP contribution in [0.3, 0.4) is 0 Å². The highest BCUT2D eigenvalue weighted by molar-refractivity contribution is 5.98. The van der Waals surface area contributed by atoms with Gasteiger partial charge in [-0.3, -0.25) is 9.69 Å². The summed E-state index contributed by atoms with van der Waals surface area (Å²) >= 11 is 0. The van der Waals surface area contributed by atoms with E-state index in [0.29, 0.717) is 29.4 Å². The van der Waals surface area contributed by atoms with E-state index < -0.39 is 0 Å². The molecule has 35 heavy (non-hydrogen) atoms. The van der Waals surface area contributed by atoms with Crippen molar-refractivity contribution in [1.82, 2.24) is 9.80 Å². The number of nitrogens with zero attached hydrogens (tertiary/aromatic N) is 2. The lowest BCUT2D eigenvalue weighted by atomic mass is 10.1. The van der Waals surface area contributed by atoms with Crippen LogP contribution in [-0.4, -0.2) is 77.1 Å². The van der Waals surface area contributed by atoms with E-state index in [0.717, 1.165) is 44.0 Å². The molecule has 0 N–H and O–H groups in total. The van der Waals surface area contributed by atoms with Crippen LogP contribution in [0, 0.1) is 0 Å². The van der Waals surface area contributed by atoms with Crippen LogP contribution in [-0.2, 0) is 6.42 Å². The quantitative estimate of drug-likeness (QED) is 0.379. The first kappa shape index (κ1) is 28.1. The Bertz CT molecular complexity index is 1000. The van der Waals surface area contributed by atoms with Gasteiger partial charge in [0.15, 0.2) is 29.7 Å². The number of halogens is 1. The smallest absolute Gasteiger partial charge is 0.260 e. The van der Waals surface area contributed by atoms with Crippen molar-refractivity contribution < 1.29 is 28.5 Å². The molecule has 0 atom stereocenters. The maximum absolute atomic E-state index is 13.0. The average Bonchev–Trinajstić information content (AvgIpc) is 2.87. The number of benzene rings is 2. The number of hydrogen-bond donors (Lipinski definition) is 0. The van der Waals surface area contributed by atoms with Gasteiger partial charge in [0.1, 0.15) is 5.75 Å². The van der Waals surface area contributed by atoms with Crippen LogP contribution in [0.4, 0.5) is 0 Å². The summed E-state index contributed by atoms with van der Waals surface area (Å²) in [5.74, 6) is 2.95. The molecule has 9 heteroatoms. The largest absolute Gasteiger partial charge is 0.493 e. The number of rotatable bonds is 13. The molecule has 0 fully saturated rings. The van der Waals surface area contributed by atoms with Gasteiger partial charge in [0.25, 0.3) is 5.91 Å². The predicted octanol–water partition coefficient (Wildman–Crippen LogP) is 4.06. The van der Waals surface area contributed by atoms with E-state index >= 15 is 0 Å². The molecule has 1 heterocycles. The van der Waals surface area contributed by atoms with E-state index in [1.54, 1.807) is 45.5 Å². The van der Waals surface area contributed by atoms with Crippen molar-refractivity contribution in [3.8, 4) is 28.7 Å². The zero-order valence-electron chi connectivity index (χ0n) is 20.9. The number of amides is 1. The molecule has 2 aromatic carbocycles. The maximum Gasteiger partial charge on any atom is 0.260 e. The molecule has 0 aromatic heterocycles. The molecule has 0 aliphatic carbocycles. The predicted molar refractivity (Wildman–Crippen MR) is 138 cm³/mol. The van der Waals surface area contributed by atoms with Gasteiger partial charge < -0.3 is 28.6 Å². The lowest BCUT2D eigenvalue weighted by Crippen LogP contribution is -2.40. The standard InChI is InChI=1S/C26H34N2O6.ClH/c1-6-11-27(14-10-19-8-9-21(30-2)23(15-19)31-3)12-7-13-28-18-34-22-17-25(33-5)24(32-4)16-20(22)26(28)29;/h6,8-9,15-17H,1,7,10-14,18H2,2-5H3;1H. The van der Waals surface area contributed by atoms with E-state index in [2.05, 4.69) is 17.5 Å². The van der Waals surface area contributed by atoms with E-state index in [4.69, 9.17) is 23.7 Å². The molecule has 1 amide bonds. The van der Waals surface area contributed by atoms with Crippen molar-refractivity contribution in [2.45, 2.75) is 12.8 Å². The topological polar surface area (TPSA) is 69.7 Å². The Labute approximate surface area is 213 Å². The van der Waals surface area contributed by atoms with Crippen LogP contribution < -0.4 is 23.7 Å². The zero-order chi connectivity index (χ0) is 24.5. The minimum absolute atomic E-state index is 0. The number of methoxy groups -OCH3 is 4. The summed E-state index contributed by atoms with van der Waals surface area (Å²) in [6.07, 6.45) is 3.59. The van der Waals surface area contributed by atoms with Crippen LogP contribution >= 0.6 is 12.4 Å². The fourth-order valence-electron chi connectivity index (χ4n) is 3.97. The Morgan fingerprint density at radius 3 is 2.29 bits per heavy atom. The number of carbonyl (C=O) groups excluding carboxylic acids is 1. The number of ether oxygens (including phenoxy) is 5. The van der Waals surface area contributed by atoms with Crippen molar-refractivity contribution in [2.24, 2.45) is 0 Å². The minimum atomic E-state index is -0.0669. The van der Waals surface area contributed by atoms with Crippen LogP contribution in [0.25, 0.3) is 0 Å². The molecule has 0 radical (unpaired) electrons. The highest BCUT2D eigenvalue weighted by Crippen LogP contribution is 2.37. The summed E-state index contributed by atoms with van der Waals surface area (Å²) in [4.78, 5) is 17.0. The number of fused-ring (bicyclic) bond motifs is 1. The van der Waals surface area contributed by atoms with E-state index in [1.807, 2.05) is 18.2 Å². The molecule has 0 spiro atoms. The summed E-state index contributed by atoms with van der Waals surface area (Å²) in [6.45, 7) is 7.17. The maximum atomic E-state index is 13.0. The lowest BCUT2D eigenvalue weighted by Gasteiger charge is -2.30. The van der Waals surface area contributed by atoms with Gasteiger partial charge in [-0.1, -0.05) is 12.1 Å². The second-order valence-corrected chi connectivity index (χ2v) is 7.93. The minimum Gasteiger partial charge on any atom is -0.493 e. The van der Waals surface area contributed by atoms with Gasteiger partial charge >= 0.3 is 0 Å². The highest BCUT2D eigenvalue weighted by atomic mass is 35.5. The van der Waals surface area contributed by atoms with E-state index in [9.17, 15) is 4.79 Å². The molecule has 0 unspecified atom stereocenters. The second kappa shape index (κ2) is 13.7. The molecule has 2 aromatic rings. The Morgan fingerprint density at radius 1 is 0.971 bits per heavy atom. The van der Waals surface area contributed by atoms with Gasteiger partial charge in [0, 0.05) is 38.3 Å². The first-order valence-corrected chi connectivity index (χ1v) is 11.3. The van der Waals surface area contributed by atoms with Crippen molar-refractivity contribution in [3.05, 3.63) is 54.1 Å². The lowest BCUT2D eigenvalue weighted by molar-refractivity contribution is 0.0509. The van der Waals surface area contributed by atoms with Gasteiger partial charge in [-0.25, -0.2) is 0 Å². The fraction of sp³-hybridized carbons (Fsp3) is 0.423. The zero-order valence-corrected chi connectivity index (χ0v) is 21.7. The SMILES string of the molecule is C=CCN(CCCN1COc2cc(OC)c(OC)cc2C1=O)CCc1ccc(OC)c(OC)c1.Cl. The normalized spacial score (nSPS) is 12.4. The highest BCUT2D eigenvalue weighted by Gasteiger charge is 2.27. The van der Waals surface area contributed by atoms with Gasteiger partial charge in [-0.05, 0) is 30.5 Å². The molecule has 0 bridgehead atoms. The molecule has 0 saturated heterocycles. The van der Waals surface area contributed by atoms with Gasteiger partial charge in [0.05, 0.1) is 34.0 Å². The number of hydrogen-bond acceptors (Lipinski definition) is 7. The molecule has 1 aliphatic rings. The van der Waals surface area contributed by atoms with Gasteiger partial charge in [0.2, 0.25) is 0 Å². The molecule has 8 nitrogen and oxygen atoms in total. The average molecular weight is 507 g/mol. The summed E-state index contributed by atoms with van der Waals surface area (Å²) in [6, 6.07) is 9.36. The molecular formula is C26H35ClN2O6. The molecule has 192 valence electrons. The third-order valence-corrected chi connectivity index (χ3v) is 5.83. The summed E-state index contributed by atoms with van der Waals surface area (Å²) in [7, 11) is 6.38. The molecule has 1 aliphatic heterocycles. The van der Waals surface area contributed by atoms with Crippen molar-refractivity contribution >= 4 is 18.3 Å². The molecular weight excluding hydrogens is 472 g/mol. The van der Waals surface area contributed by atoms with Crippen LogP contribution in [0.2, 0.25) is 0 Å². The third kappa shape index (κ3) is 6.96. The van der Waals surface area contributed by atoms with Crippen molar-refractivity contribution in [3.63, 3.8) is 0 Å². The Kier molecular flexibility index (Phi) is 11.0. The van der Waals surface area contributed by atoms with Gasteiger partial charge in [-0.15, -0.1) is 19.0 Å². The Hall–Kier alpha value is -3.10. The van der Waals surface area contributed by atoms with Gasteiger partial charge in [-0.2, -0.15) is 0 Å². The molecule has 3 rings (SSSR count). The summed E-state index contributed by atoms with van der Waals surface area (Å²) in [5, 5.41) is 0. The second-order valence-electron chi connectivity index (χ2n) is 7.93. The fourth-order valence-corrected chi connectivity index (χ4v) is 3.97. The van der Waals surface area contributed by atoms with Crippen LogP contribution in [0.5, 0.6) is 28.7 Å². The van der Waals surface area contributed by atoms with Crippen molar-refractivity contribution in [1.29, 1.82) is 0 Å². The molecule has 0 saturated carbocycles. The first-order chi connectivity index (χ1) is 16.5. The monoisotopic (exact) mass is 506 g/mol. The van der Waals surface area contributed by atoms with E-state index in [-0.39, 0.29) is 25.0 Å². The number of carbonyl (C=O) groups is 1. The van der Waals surface area contributed by atoms with Crippen molar-refractivity contribution in [2.75, 3.05) is 61.3 Å². The van der Waals surface area contributed by atoms with Crippen LogP contribution in [0.15, 0.2) is 43.0 Å². The summed E-state index contributed by atoms with van der Waals surface area (Å²) in [5.41, 5.74) is 1.66. The Balaban J connectivity index is 0.00000432.